The highest BCUT2D eigenvalue weighted by atomic mass is 16.4. The summed E-state index contributed by atoms with van der Waals surface area (Å²) in [6.07, 6.45) is 2.07. The van der Waals surface area contributed by atoms with E-state index in [1.54, 1.807) is 26.1 Å². The number of aliphatic carboxylic acids is 1. The first kappa shape index (κ1) is 71.7. The van der Waals surface area contributed by atoms with Gasteiger partial charge in [0.15, 0.2) is 22.9 Å². The Hall–Kier alpha value is -10.0. The Morgan fingerprint density at radius 3 is 1.99 bits per heavy atom. The Balaban J connectivity index is 1.28. The topological polar surface area (TPSA) is 502 Å². The fourth-order valence-electron chi connectivity index (χ4n) is 9.96. The van der Waals surface area contributed by atoms with Crippen LogP contribution in [-0.4, -0.2) is 187 Å². The molecule has 32 heteroatoms. The summed E-state index contributed by atoms with van der Waals surface area (Å²) in [6.45, 7) is 6.68. The third-order valence-electron chi connectivity index (χ3n) is 14.6. The third-order valence-corrected chi connectivity index (χ3v) is 14.6. The van der Waals surface area contributed by atoms with E-state index in [2.05, 4.69) is 67.5 Å². The molecule has 3 heterocycles. The van der Waals surface area contributed by atoms with E-state index in [1.807, 2.05) is 18.7 Å². The third kappa shape index (κ3) is 22.8. The van der Waals surface area contributed by atoms with Crippen LogP contribution in [0.5, 0.6) is 5.75 Å². The van der Waals surface area contributed by atoms with E-state index in [-0.39, 0.29) is 136 Å². The summed E-state index contributed by atoms with van der Waals surface area (Å²) >= 11 is 0. The molecule has 9 amide bonds. The van der Waals surface area contributed by atoms with Crippen molar-refractivity contribution in [2.75, 3.05) is 56.2 Å². The Bertz CT molecular complexity index is 3220. The van der Waals surface area contributed by atoms with Crippen molar-refractivity contribution in [1.29, 1.82) is 0 Å². The van der Waals surface area contributed by atoms with Crippen molar-refractivity contribution >= 4 is 93.7 Å². The highest BCUT2D eigenvalue weighted by Crippen LogP contribution is 2.23. The summed E-state index contributed by atoms with van der Waals surface area (Å²) in [5.41, 5.74) is 25.1. The van der Waals surface area contributed by atoms with Gasteiger partial charge in [-0.2, -0.15) is 9.97 Å². The number of aliphatic imine (C=N–C) groups is 1. The zero-order chi connectivity index (χ0) is 66.9. The van der Waals surface area contributed by atoms with E-state index in [0.717, 1.165) is 6.92 Å². The van der Waals surface area contributed by atoms with E-state index in [4.69, 9.17) is 22.9 Å². The number of hydrogen-bond acceptors (Lipinski definition) is 20. The number of aliphatic hydroxyl groups is 1. The van der Waals surface area contributed by atoms with Crippen LogP contribution in [0.25, 0.3) is 11.2 Å². The van der Waals surface area contributed by atoms with Crippen LogP contribution in [0.1, 0.15) is 114 Å². The van der Waals surface area contributed by atoms with Gasteiger partial charge in [0.25, 0.3) is 5.91 Å². The average molecular weight is 1270 g/mol. The lowest BCUT2D eigenvalue weighted by atomic mass is 10.0. The van der Waals surface area contributed by atoms with Crippen molar-refractivity contribution < 1.29 is 63.3 Å². The minimum absolute atomic E-state index is 0.00134. The first-order valence-electron chi connectivity index (χ1n) is 29.9. The number of aromatic hydroxyl groups is 1. The summed E-state index contributed by atoms with van der Waals surface area (Å²) in [4.78, 5) is 159. The Kier molecular flexibility index (Phi) is 27.8. The van der Waals surface area contributed by atoms with Crippen LogP contribution >= 0.6 is 0 Å². The zero-order valence-electron chi connectivity index (χ0n) is 51.7. The number of aliphatic hydroxyl groups excluding tert-OH is 1. The second kappa shape index (κ2) is 35.2. The number of carboxylic acids is 1. The number of likely N-dealkylation sites (tertiary alicyclic amines) is 1. The number of phenols is 1. The molecule has 1 saturated heterocycles. The number of hydrogen-bond donors (Lipinski definition) is 15. The summed E-state index contributed by atoms with van der Waals surface area (Å²) in [6, 6.07) is 2.88. The lowest BCUT2D eigenvalue weighted by Gasteiger charge is -2.31. The number of likely N-dealkylation sites (N-methyl/N-ethyl adjacent to an activating group) is 1. The largest absolute Gasteiger partial charge is 0.508 e. The van der Waals surface area contributed by atoms with Crippen LogP contribution < -0.4 is 70.4 Å². The SMILES string of the molecule is CCNC(=O)[C@@H]1CCCN1C(=O)[C@H](CC(C)C)NC(=O)[C@H](CCCN=C(N)N)NC(=O)[C@H](CCCCNC(=O)CC[C@@H](NC(=O)c1ccc(N(C)Cc2cnc3nc(N)nc(N)c3n2)cc1)C(=O)O)NC(=O)[C@H](Cc1ccc(O)cc1)NC(=O)[C@H](CO)NC(C)=O. The van der Waals surface area contributed by atoms with Crippen molar-refractivity contribution in [1.82, 2.24) is 67.4 Å². The van der Waals surface area contributed by atoms with Crippen molar-refractivity contribution in [2.24, 2.45) is 22.4 Å². The molecule has 4 aromatic rings. The van der Waals surface area contributed by atoms with Gasteiger partial charge in [-0.25, -0.2) is 14.8 Å². The predicted molar refractivity (Wildman–Crippen MR) is 334 cm³/mol. The Morgan fingerprint density at radius 2 is 1.37 bits per heavy atom. The Labute approximate surface area is 525 Å². The van der Waals surface area contributed by atoms with E-state index >= 15 is 0 Å². The first-order valence-corrected chi connectivity index (χ1v) is 29.9. The maximum Gasteiger partial charge on any atom is 0.326 e. The number of nitrogen functional groups attached to an aromatic ring is 2. The smallest absolute Gasteiger partial charge is 0.326 e. The quantitative estimate of drug-likeness (QED) is 0.0136. The average Bonchev–Trinajstić information content (AvgIpc) is 1.71. The maximum atomic E-state index is 14.7. The Morgan fingerprint density at radius 1 is 0.747 bits per heavy atom. The number of phenolic OH excluding ortho intramolecular Hbond substituents is 1. The van der Waals surface area contributed by atoms with Crippen LogP contribution in [0.15, 0.2) is 59.7 Å². The molecule has 0 bridgehead atoms. The number of carbonyl (C=O) groups excluding carboxylic acids is 9. The van der Waals surface area contributed by atoms with Gasteiger partial charge in [-0.05, 0) is 113 Å². The van der Waals surface area contributed by atoms with Gasteiger partial charge in [0.05, 0.1) is 25.0 Å². The zero-order valence-corrected chi connectivity index (χ0v) is 51.7. The molecule has 494 valence electrons. The molecule has 2 aromatic heterocycles. The fourth-order valence-corrected chi connectivity index (χ4v) is 9.96. The molecule has 1 aliphatic rings. The molecule has 0 aliphatic carbocycles. The highest BCUT2D eigenvalue weighted by molar-refractivity contribution is 5.98. The molecular weight excluding hydrogens is 1180 g/mol. The number of amides is 9. The molecule has 0 radical (unpaired) electrons. The minimum atomic E-state index is -1.48. The van der Waals surface area contributed by atoms with Gasteiger partial charge in [0.2, 0.25) is 53.2 Å². The number of nitrogens with one attached hydrogen (secondary N) is 8. The molecule has 0 unspecified atom stereocenters. The summed E-state index contributed by atoms with van der Waals surface area (Å²) in [5.74, 6) is -8.03. The number of nitrogens with two attached hydrogens (primary N) is 4. The molecule has 0 spiro atoms. The minimum Gasteiger partial charge on any atom is -0.508 e. The van der Waals surface area contributed by atoms with Crippen LogP contribution in [-0.2, 0) is 56.1 Å². The first-order chi connectivity index (χ1) is 43.3. The number of aromatic nitrogens is 4. The number of fused-ring (bicyclic) bond motifs is 1. The number of carboxylic acid groups (broad SMARTS) is 1. The van der Waals surface area contributed by atoms with E-state index in [9.17, 15) is 63.3 Å². The van der Waals surface area contributed by atoms with E-state index in [0.29, 0.717) is 36.3 Å². The van der Waals surface area contributed by atoms with Crippen molar-refractivity contribution in [2.45, 2.75) is 147 Å². The molecule has 1 fully saturated rings. The molecule has 5 rings (SSSR count). The van der Waals surface area contributed by atoms with Gasteiger partial charge in [0.1, 0.15) is 48.0 Å². The maximum absolute atomic E-state index is 14.7. The highest BCUT2D eigenvalue weighted by Gasteiger charge is 2.39. The fraction of sp³-hybridized carbons (Fsp3) is 0.508. The van der Waals surface area contributed by atoms with Crippen molar-refractivity contribution in [3.63, 3.8) is 0 Å². The monoisotopic (exact) mass is 1270 g/mol. The van der Waals surface area contributed by atoms with Gasteiger partial charge in [0, 0.05) is 64.2 Å². The molecule has 19 N–H and O–H groups in total. The van der Waals surface area contributed by atoms with Crippen LogP contribution in [0.2, 0.25) is 0 Å². The van der Waals surface area contributed by atoms with Crippen molar-refractivity contribution in [3.05, 3.63) is 71.5 Å². The molecule has 91 heavy (non-hydrogen) atoms. The lowest BCUT2D eigenvalue weighted by Crippen LogP contribution is -2.60. The summed E-state index contributed by atoms with van der Waals surface area (Å²) in [5, 5.41) is 50.9. The normalized spacial score (nSPS) is 14.7. The van der Waals surface area contributed by atoms with Gasteiger partial charge in [-0.15, -0.1) is 0 Å². The standard InChI is InChI=1S/C59H85N19O13/c1-6-64-55(88)45-13-10-26-78(45)56(89)43(27-32(2)3)74-52(85)40(12-9-25-66-58(61)62)70-51(84)39(71-53(86)42(28-34-14-20-38(81)21-15-34)73-54(87)44(31-79)68-33(4)80)11-7-8-24-65-46(82)23-22-41(57(90)91)72-50(83)35-16-18-37(19-17-35)77(5)30-36-29-67-49-47(69-36)48(60)75-59(63)76-49/h14-21,29,32,39-45,79,81H,6-13,22-28,30-31H2,1-5H3,(H,64,88)(H,65,82)(H,68,80)(H,70,84)(H,71,86)(H,72,83)(H,73,87)(H,74,85)(H,90,91)(H4,61,62,66)(H4,60,63,67,75,76)/t39-,40-,41+,42-,43-,44-,45-/m0/s1. The predicted octanol–water partition coefficient (Wildman–Crippen LogP) is -1.92. The van der Waals surface area contributed by atoms with E-state index in [1.165, 1.54) is 47.5 Å². The second-order valence-electron chi connectivity index (χ2n) is 22.4. The molecule has 7 atom stereocenters. The molecule has 2 aromatic carbocycles. The molecular formula is C59H85N19O13. The lowest BCUT2D eigenvalue weighted by molar-refractivity contribution is -0.142. The number of benzene rings is 2. The number of rotatable bonds is 35. The number of carbonyl (C=O) groups is 10. The number of unbranched alkanes of at least 4 members (excludes halogenated alkanes) is 1. The van der Waals surface area contributed by atoms with Crippen LogP contribution in [0.3, 0.4) is 0 Å². The van der Waals surface area contributed by atoms with E-state index < -0.39 is 102 Å². The van der Waals surface area contributed by atoms with Crippen LogP contribution in [0.4, 0.5) is 17.5 Å². The van der Waals surface area contributed by atoms with Gasteiger partial charge in [-0.1, -0.05) is 26.0 Å². The van der Waals surface area contributed by atoms with Gasteiger partial charge in [-0.3, -0.25) is 48.1 Å². The summed E-state index contributed by atoms with van der Waals surface area (Å²) < 4.78 is 0. The summed E-state index contributed by atoms with van der Waals surface area (Å²) in [7, 11) is 1.78. The van der Waals surface area contributed by atoms with Crippen molar-refractivity contribution in [3.8, 4) is 5.75 Å². The van der Waals surface area contributed by atoms with Gasteiger partial charge >= 0.3 is 5.97 Å². The molecule has 0 saturated carbocycles. The number of nitrogens with zero attached hydrogens (tertiary/aromatic N) is 7. The number of anilines is 3. The molecule has 1 aliphatic heterocycles. The molecule has 32 nitrogen and oxygen atoms in total. The number of guanidine groups is 1. The van der Waals surface area contributed by atoms with Gasteiger partial charge < -0.3 is 90.6 Å². The van der Waals surface area contributed by atoms with Crippen LogP contribution in [0, 0.1) is 5.92 Å². The second-order valence-corrected chi connectivity index (χ2v) is 22.4.